The van der Waals surface area contributed by atoms with Crippen molar-refractivity contribution >= 4 is 35.0 Å². The number of hydrogen-bond donors (Lipinski definition) is 2. The van der Waals surface area contributed by atoms with Crippen molar-refractivity contribution in [3.05, 3.63) is 53.1 Å². The Morgan fingerprint density at radius 1 is 1.16 bits per heavy atom. The normalized spacial score (nSPS) is 11.3. The average Bonchev–Trinajstić information content (AvgIpc) is 3.08. The van der Waals surface area contributed by atoms with Gasteiger partial charge in [0.15, 0.2) is 5.82 Å². The molecule has 164 valence electrons. The molecule has 0 fully saturated rings. The minimum atomic E-state index is -4.70. The number of halogens is 4. The highest BCUT2D eigenvalue weighted by molar-refractivity contribution is 6.30. The Kier molecular flexibility index (Phi) is 6.37. The number of alkyl halides is 3. The van der Waals surface area contributed by atoms with Crippen molar-refractivity contribution in [3.8, 4) is 11.4 Å². The van der Waals surface area contributed by atoms with Gasteiger partial charge in [-0.05, 0) is 42.5 Å². The first kappa shape index (κ1) is 22.4. The Balaban J connectivity index is 2.00. The summed E-state index contributed by atoms with van der Waals surface area (Å²) in [6, 6.07) is 9.46. The number of aromatic nitrogens is 3. The van der Waals surface area contributed by atoms with Crippen LogP contribution in [0.2, 0.25) is 5.02 Å². The summed E-state index contributed by atoms with van der Waals surface area (Å²) < 4.78 is 42.7. The van der Waals surface area contributed by atoms with E-state index in [9.17, 15) is 18.0 Å². The lowest BCUT2D eigenvalue weighted by Gasteiger charge is -2.19. The first-order valence-electron chi connectivity index (χ1n) is 8.82. The van der Waals surface area contributed by atoms with Gasteiger partial charge in [0.2, 0.25) is 5.95 Å². The van der Waals surface area contributed by atoms with E-state index in [4.69, 9.17) is 11.6 Å². The third-order valence-electron chi connectivity index (χ3n) is 4.38. The number of rotatable bonds is 5. The minimum absolute atomic E-state index is 0.0102. The van der Waals surface area contributed by atoms with Crippen LogP contribution in [0.3, 0.4) is 0 Å². The van der Waals surface area contributed by atoms with E-state index in [1.165, 1.54) is 23.8 Å². The zero-order valence-corrected chi connectivity index (χ0v) is 17.4. The zero-order chi connectivity index (χ0) is 22.8. The van der Waals surface area contributed by atoms with E-state index >= 15 is 0 Å². The number of nitrogens with zero attached hydrogens (tertiary/aromatic N) is 4. The maximum Gasteiger partial charge on any atom is 0.417 e. The molecule has 3 rings (SSSR count). The molecule has 0 aliphatic heterocycles. The van der Waals surface area contributed by atoms with E-state index in [1.807, 2.05) is 5.48 Å². The highest BCUT2D eigenvalue weighted by Crippen LogP contribution is 2.39. The number of hydroxylamine groups is 1. The number of benzene rings is 2. The molecule has 0 atom stereocenters. The van der Waals surface area contributed by atoms with Crippen LogP contribution in [0, 0.1) is 0 Å². The lowest BCUT2D eigenvalue weighted by molar-refractivity contribution is -0.137. The number of nitrogens with one attached hydrogen (secondary N) is 2. The smallest absolute Gasteiger partial charge is 0.314 e. The first-order valence-corrected chi connectivity index (χ1v) is 9.20. The fourth-order valence-corrected chi connectivity index (χ4v) is 3.05. The number of hydrogen-bond acceptors (Lipinski definition) is 5. The molecule has 0 aliphatic rings. The number of carbonyl (C=O) groups is 1. The van der Waals surface area contributed by atoms with Gasteiger partial charge >= 0.3 is 12.2 Å². The second-order valence-electron chi connectivity index (χ2n) is 6.44. The highest BCUT2D eigenvalue weighted by Gasteiger charge is 2.35. The third kappa shape index (κ3) is 4.89. The summed E-state index contributed by atoms with van der Waals surface area (Å²) in [5.41, 5.74) is 1.48. The number of urea groups is 1. The fraction of sp³-hybridized carbons (Fsp3) is 0.211. The molecule has 2 aromatic carbocycles. The van der Waals surface area contributed by atoms with Crippen LogP contribution in [-0.2, 0) is 18.1 Å². The minimum Gasteiger partial charge on any atom is -0.314 e. The molecule has 0 unspecified atom stereocenters. The van der Waals surface area contributed by atoms with Gasteiger partial charge in [-0.25, -0.2) is 10.3 Å². The lowest BCUT2D eigenvalue weighted by atomic mass is 10.1. The predicted octanol–water partition coefficient (Wildman–Crippen LogP) is 4.61. The van der Waals surface area contributed by atoms with E-state index < -0.39 is 17.8 Å². The molecule has 1 aromatic heterocycles. The molecule has 31 heavy (non-hydrogen) atoms. The van der Waals surface area contributed by atoms with Crippen LogP contribution in [0.25, 0.3) is 11.4 Å². The number of amides is 2. The molecule has 0 saturated heterocycles. The molecule has 0 radical (unpaired) electrons. The molecule has 0 spiro atoms. The quantitative estimate of drug-likeness (QED) is 0.550. The maximum absolute atomic E-state index is 13.8. The first-order chi connectivity index (χ1) is 14.6. The zero-order valence-electron chi connectivity index (χ0n) is 16.7. The Morgan fingerprint density at radius 3 is 2.45 bits per heavy atom. The van der Waals surface area contributed by atoms with Gasteiger partial charge in [-0.2, -0.15) is 13.2 Å². The number of carbonyl (C=O) groups excluding carboxylic acids is 1. The van der Waals surface area contributed by atoms with Gasteiger partial charge in [-0.3, -0.25) is 9.40 Å². The Bertz CT molecular complexity index is 1090. The van der Waals surface area contributed by atoms with E-state index in [0.29, 0.717) is 11.0 Å². The van der Waals surface area contributed by atoms with E-state index in [1.54, 1.807) is 43.3 Å². The van der Waals surface area contributed by atoms with Crippen LogP contribution in [0.15, 0.2) is 42.5 Å². The van der Waals surface area contributed by atoms with Crippen molar-refractivity contribution in [1.82, 2.24) is 20.2 Å². The summed E-state index contributed by atoms with van der Waals surface area (Å²) in [4.78, 5) is 17.7. The summed E-state index contributed by atoms with van der Waals surface area (Å²) in [6.45, 7) is 0. The molecule has 1 heterocycles. The van der Waals surface area contributed by atoms with Crippen molar-refractivity contribution < 1.29 is 22.8 Å². The van der Waals surface area contributed by atoms with Gasteiger partial charge < -0.3 is 10.2 Å². The van der Waals surface area contributed by atoms with Crippen molar-refractivity contribution in [2.24, 2.45) is 7.05 Å². The van der Waals surface area contributed by atoms with Crippen molar-refractivity contribution in [1.29, 1.82) is 0 Å². The van der Waals surface area contributed by atoms with Crippen LogP contribution < -0.4 is 15.7 Å². The number of anilines is 3. The van der Waals surface area contributed by atoms with Gasteiger partial charge in [0.1, 0.15) is 0 Å². The fourth-order valence-electron chi connectivity index (χ4n) is 2.93. The molecular weight excluding hydrogens is 437 g/mol. The Morgan fingerprint density at radius 2 is 1.84 bits per heavy atom. The van der Waals surface area contributed by atoms with Crippen LogP contribution in [0.5, 0.6) is 0 Å². The van der Waals surface area contributed by atoms with Crippen molar-refractivity contribution in [3.63, 3.8) is 0 Å². The van der Waals surface area contributed by atoms with Crippen LogP contribution in [0.4, 0.5) is 35.3 Å². The van der Waals surface area contributed by atoms with E-state index in [2.05, 4.69) is 20.4 Å². The lowest BCUT2D eigenvalue weighted by Crippen LogP contribution is -2.27. The third-order valence-corrected chi connectivity index (χ3v) is 4.64. The molecule has 2 amide bonds. The highest BCUT2D eigenvalue weighted by atomic mass is 35.5. The molecule has 2 N–H and O–H groups in total. The van der Waals surface area contributed by atoms with Crippen LogP contribution in [0.1, 0.15) is 5.56 Å². The topological polar surface area (TPSA) is 84.3 Å². The van der Waals surface area contributed by atoms with Crippen LogP contribution in [-0.4, -0.2) is 35.0 Å². The Labute approximate surface area is 180 Å². The SMILES string of the molecule is CONC(=O)Nc1ccc(-c2nnc(N(C)c3ccc(Cl)cc3)n2C)c(C(F)(F)F)c1. The standard InChI is InChI=1S/C19H18ClF3N6O2/c1-28(13-7-4-11(20)5-8-13)18-26-25-16(29(18)2)14-9-6-12(24-17(30)27-31-3)10-15(14)19(21,22)23/h4-10H,1-3H3,(H2,24,27,30). The van der Waals surface area contributed by atoms with Gasteiger partial charge in [0.05, 0.1) is 12.7 Å². The summed E-state index contributed by atoms with van der Waals surface area (Å²) in [7, 11) is 4.48. The van der Waals surface area contributed by atoms with E-state index in [-0.39, 0.29) is 17.1 Å². The van der Waals surface area contributed by atoms with Gasteiger partial charge in [0.25, 0.3) is 0 Å². The van der Waals surface area contributed by atoms with Gasteiger partial charge in [0, 0.05) is 36.1 Å². The second kappa shape index (κ2) is 8.82. The molecule has 0 aliphatic carbocycles. The summed E-state index contributed by atoms with van der Waals surface area (Å²) in [5.74, 6) is 0.336. The van der Waals surface area contributed by atoms with Crippen molar-refractivity contribution in [2.75, 3.05) is 24.4 Å². The maximum atomic E-state index is 13.8. The second-order valence-corrected chi connectivity index (χ2v) is 6.87. The Hall–Kier alpha value is -3.31. The van der Waals surface area contributed by atoms with Gasteiger partial charge in [-0.15, -0.1) is 10.2 Å². The predicted molar refractivity (Wildman–Crippen MR) is 110 cm³/mol. The molecule has 0 saturated carbocycles. The largest absolute Gasteiger partial charge is 0.417 e. The molecule has 12 heteroatoms. The molecule has 8 nitrogen and oxygen atoms in total. The molecule has 3 aromatic rings. The van der Waals surface area contributed by atoms with Gasteiger partial charge in [-0.1, -0.05) is 11.6 Å². The molecular formula is C19H18ClF3N6O2. The summed E-state index contributed by atoms with van der Waals surface area (Å²) >= 11 is 5.90. The average molecular weight is 455 g/mol. The van der Waals surface area contributed by atoms with Crippen LogP contribution >= 0.6 is 11.6 Å². The molecule has 0 bridgehead atoms. The summed E-state index contributed by atoms with van der Waals surface area (Å²) in [5, 5.41) is 10.8. The summed E-state index contributed by atoms with van der Waals surface area (Å²) in [6.07, 6.45) is -4.70. The monoisotopic (exact) mass is 454 g/mol. The van der Waals surface area contributed by atoms with Crippen molar-refractivity contribution in [2.45, 2.75) is 6.18 Å². The van der Waals surface area contributed by atoms with E-state index in [0.717, 1.165) is 11.8 Å².